The van der Waals surface area contributed by atoms with Gasteiger partial charge in [-0.15, -0.1) is 0 Å². The highest BCUT2D eigenvalue weighted by molar-refractivity contribution is 5.84. The van der Waals surface area contributed by atoms with E-state index in [0.29, 0.717) is 18.1 Å². The fourth-order valence-electron chi connectivity index (χ4n) is 4.27. The summed E-state index contributed by atoms with van der Waals surface area (Å²) in [6.07, 6.45) is 9.07. The summed E-state index contributed by atoms with van der Waals surface area (Å²) >= 11 is 0. The molecule has 0 amide bonds. The molecule has 5 rings (SSSR count). The molecule has 0 aliphatic carbocycles. The second-order valence-electron chi connectivity index (χ2n) is 7.16. The number of H-pyrrole nitrogens is 1. The van der Waals surface area contributed by atoms with Crippen molar-refractivity contribution in [1.29, 1.82) is 0 Å². The summed E-state index contributed by atoms with van der Waals surface area (Å²) in [6.45, 7) is 0. The highest BCUT2D eigenvalue weighted by atomic mass is 15.0. The summed E-state index contributed by atoms with van der Waals surface area (Å²) < 4.78 is 0. The van der Waals surface area contributed by atoms with Crippen molar-refractivity contribution in [2.45, 2.75) is 43.8 Å². The Bertz CT molecular complexity index is 839. The fraction of sp³-hybridized carbons (Fsp3) is 0.350. The van der Waals surface area contributed by atoms with Crippen LogP contribution in [0.25, 0.3) is 22.2 Å². The van der Waals surface area contributed by atoms with Crippen molar-refractivity contribution in [3.05, 3.63) is 48.8 Å². The highest BCUT2D eigenvalue weighted by Gasteiger charge is 2.33. The van der Waals surface area contributed by atoms with Crippen LogP contribution in [-0.2, 0) is 0 Å². The SMILES string of the molecule is c1cc2cc(-c3ccc(N[C@H]4C[C@H]5CC[C@@H](C4)N5)cn3)ccc2[nH]1. The maximum atomic E-state index is 4.67. The van der Waals surface area contributed by atoms with Gasteiger partial charge in [-0.25, -0.2) is 0 Å². The van der Waals surface area contributed by atoms with Crippen molar-refractivity contribution in [2.24, 2.45) is 0 Å². The number of benzene rings is 1. The molecule has 24 heavy (non-hydrogen) atoms. The second kappa shape index (κ2) is 5.64. The van der Waals surface area contributed by atoms with Crippen LogP contribution in [0.4, 0.5) is 5.69 Å². The van der Waals surface area contributed by atoms with Gasteiger partial charge < -0.3 is 15.6 Å². The van der Waals surface area contributed by atoms with Gasteiger partial charge in [-0.05, 0) is 56.0 Å². The Labute approximate surface area is 141 Å². The summed E-state index contributed by atoms with van der Waals surface area (Å²) in [4.78, 5) is 7.90. The fourth-order valence-corrected chi connectivity index (χ4v) is 4.27. The van der Waals surface area contributed by atoms with Crippen LogP contribution in [0.15, 0.2) is 48.8 Å². The van der Waals surface area contributed by atoms with Crippen LogP contribution in [0.1, 0.15) is 25.7 Å². The van der Waals surface area contributed by atoms with Crippen LogP contribution in [0.2, 0.25) is 0 Å². The van der Waals surface area contributed by atoms with E-state index in [0.717, 1.165) is 22.5 Å². The number of piperidine rings is 1. The van der Waals surface area contributed by atoms with Crippen LogP contribution >= 0.6 is 0 Å². The number of fused-ring (bicyclic) bond motifs is 3. The normalized spacial score (nSPS) is 25.9. The molecule has 0 spiro atoms. The van der Waals surface area contributed by atoms with Gasteiger partial charge in [0.1, 0.15) is 0 Å². The molecule has 2 bridgehead atoms. The molecule has 3 atom stereocenters. The molecule has 3 N–H and O–H groups in total. The van der Waals surface area contributed by atoms with Gasteiger partial charge in [0, 0.05) is 40.8 Å². The van der Waals surface area contributed by atoms with Crippen molar-refractivity contribution < 1.29 is 0 Å². The van der Waals surface area contributed by atoms with Crippen molar-refractivity contribution in [1.82, 2.24) is 15.3 Å². The zero-order valence-corrected chi connectivity index (χ0v) is 13.6. The zero-order valence-electron chi connectivity index (χ0n) is 13.6. The Morgan fingerprint density at radius 2 is 1.88 bits per heavy atom. The van der Waals surface area contributed by atoms with Crippen LogP contribution in [-0.4, -0.2) is 28.1 Å². The standard InChI is InChI=1S/C20H22N4/c1-5-19-14(7-8-21-19)9-13(1)20-6-4-17(12-22-20)24-18-10-15-2-3-16(11-18)23-15/h1,4-9,12,15-16,18,21,23-24H,2-3,10-11H2/t15-,16+,18+. The molecule has 0 saturated carbocycles. The predicted octanol–water partition coefficient (Wildman–Crippen LogP) is 3.92. The van der Waals surface area contributed by atoms with Gasteiger partial charge in [0.25, 0.3) is 0 Å². The molecule has 4 nitrogen and oxygen atoms in total. The van der Waals surface area contributed by atoms with Crippen LogP contribution in [0.3, 0.4) is 0 Å². The summed E-state index contributed by atoms with van der Waals surface area (Å²) in [5, 5.41) is 8.59. The molecule has 0 radical (unpaired) electrons. The number of anilines is 1. The van der Waals surface area contributed by atoms with Crippen molar-refractivity contribution in [2.75, 3.05) is 5.32 Å². The first-order valence-electron chi connectivity index (χ1n) is 8.90. The van der Waals surface area contributed by atoms with E-state index in [1.165, 1.54) is 31.1 Å². The number of hydrogen-bond acceptors (Lipinski definition) is 3. The van der Waals surface area contributed by atoms with Crippen molar-refractivity contribution in [3.63, 3.8) is 0 Å². The molecule has 2 fully saturated rings. The number of aromatic amines is 1. The highest BCUT2D eigenvalue weighted by Crippen LogP contribution is 2.29. The maximum absolute atomic E-state index is 4.67. The van der Waals surface area contributed by atoms with E-state index in [9.17, 15) is 0 Å². The molecule has 4 heterocycles. The molecule has 4 heteroatoms. The van der Waals surface area contributed by atoms with E-state index in [4.69, 9.17) is 0 Å². The van der Waals surface area contributed by atoms with E-state index >= 15 is 0 Å². The molecule has 2 aliphatic rings. The Balaban J connectivity index is 1.33. The Morgan fingerprint density at radius 1 is 1.00 bits per heavy atom. The molecule has 2 aliphatic heterocycles. The number of pyridine rings is 1. The summed E-state index contributed by atoms with van der Waals surface area (Å²) in [5.41, 5.74) is 4.48. The van der Waals surface area contributed by atoms with E-state index in [1.54, 1.807) is 0 Å². The first-order valence-corrected chi connectivity index (χ1v) is 8.90. The van der Waals surface area contributed by atoms with Crippen LogP contribution in [0.5, 0.6) is 0 Å². The Hall–Kier alpha value is -2.33. The molecular formula is C20H22N4. The topological polar surface area (TPSA) is 52.7 Å². The number of rotatable bonds is 3. The van der Waals surface area contributed by atoms with E-state index in [-0.39, 0.29) is 0 Å². The van der Waals surface area contributed by atoms with Crippen molar-refractivity contribution >= 4 is 16.6 Å². The van der Waals surface area contributed by atoms with Gasteiger partial charge in [0.15, 0.2) is 0 Å². The third-order valence-corrected chi connectivity index (χ3v) is 5.46. The number of nitrogens with one attached hydrogen (secondary N) is 3. The minimum absolute atomic E-state index is 0.576. The van der Waals surface area contributed by atoms with E-state index < -0.39 is 0 Å². The number of nitrogens with zero attached hydrogens (tertiary/aromatic N) is 1. The van der Waals surface area contributed by atoms with Crippen LogP contribution in [0, 0.1) is 0 Å². The van der Waals surface area contributed by atoms with Crippen molar-refractivity contribution in [3.8, 4) is 11.3 Å². The lowest BCUT2D eigenvalue weighted by Gasteiger charge is -2.30. The smallest absolute Gasteiger partial charge is 0.0703 e. The molecule has 122 valence electrons. The Kier molecular flexibility index (Phi) is 3.30. The monoisotopic (exact) mass is 318 g/mol. The van der Waals surface area contributed by atoms with Gasteiger partial charge in [-0.3, -0.25) is 4.98 Å². The number of hydrogen-bond donors (Lipinski definition) is 3. The predicted molar refractivity (Wildman–Crippen MR) is 98.1 cm³/mol. The van der Waals surface area contributed by atoms with Gasteiger partial charge in [-0.2, -0.15) is 0 Å². The molecule has 1 aromatic carbocycles. The lowest BCUT2D eigenvalue weighted by molar-refractivity contribution is 0.378. The molecule has 2 aromatic heterocycles. The molecule has 2 saturated heterocycles. The first-order chi connectivity index (χ1) is 11.8. The second-order valence-corrected chi connectivity index (χ2v) is 7.16. The molecule has 0 unspecified atom stereocenters. The minimum Gasteiger partial charge on any atom is -0.381 e. The van der Waals surface area contributed by atoms with Gasteiger partial charge >= 0.3 is 0 Å². The lowest BCUT2D eigenvalue weighted by atomic mass is 9.99. The first kappa shape index (κ1) is 14.1. The lowest BCUT2D eigenvalue weighted by Crippen LogP contribution is -2.43. The zero-order chi connectivity index (χ0) is 15.9. The maximum Gasteiger partial charge on any atom is 0.0703 e. The van der Waals surface area contributed by atoms with Gasteiger partial charge in [0.2, 0.25) is 0 Å². The average molecular weight is 318 g/mol. The third-order valence-electron chi connectivity index (χ3n) is 5.46. The molecular weight excluding hydrogens is 296 g/mol. The van der Waals surface area contributed by atoms with E-state index in [1.807, 2.05) is 12.4 Å². The summed E-state index contributed by atoms with van der Waals surface area (Å²) in [5.74, 6) is 0. The Morgan fingerprint density at radius 3 is 2.67 bits per heavy atom. The molecule has 3 aromatic rings. The van der Waals surface area contributed by atoms with Gasteiger partial charge in [-0.1, -0.05) is 6.07 Å². The van der Waals surface area contributed by atoms with Gasteiger partial charge in [0.05, 0.1) is 17.6 Å². The average Bonchev–Trinajstić information content (AvgIpc) is 3.21. The quantitative estimate of drug-likeness (QED) is 0.686. The summed E-state index contributed by atoms with van der Waals surface area (Å²) in [6, 6.07) is 14.8. The van der Waals surface area contributed by atoms with E-state index in [2.05, 4.69) is 57.0 Å². The van der Waals surface area contributed by atoms with Crippen LogP contribution < -0.4 is 10.6 Å². The largest absolute Gasteiger partial charge is 0.381 e. The third kappa shape index (κ3) is 2.57. The minimum atomic E-state index is 0.576. The summed E-state index contributed by atoms with van der Waals surface area (Å²) in [7, 11) is 0. The number of aromatic nitrogens is 2.